The van der Waals surface area contributed by atoms with E-state index in [1.165, 1.54) is 5.56 Å². The van der Waals surface area contributed by atoms with Crippen molar-refractivity contribution in [1.29, 1.82) is 0 Å². The number of rotatable bonds is 14. The molecule has 0 saturated heterocycles. The summed E-state index contributed by atoms with van der Waals surface area (Å²) in [7, 11) is 1.64. The highest BCUT2D eigenvalue weighted by Gasteiger charge is 2.21. The molecular weight excluding hydrogens is 426 g/mol. The zero-order valence-electron chi connectivity index (χ0n) is 22.1. The molecule has 0 aliphatic heterocycles. The minimum atomic E-state index is -0.247. The van der Waals surface area contributed by atoms with E-state index in [0.717, 1.165) is 54.9 Å². The molecule has 0 aliphatic carbocycles. The van der Waals surface area contributed by atoms with E-state index in [9.17, 15) is 4.79 Å². The van der Waals surface area contributed by atoms with E-state index in [2.05, 4.69) is 52.9 Å². The van der Waals surface area contributed by atoms with Crippen molar-refractivity contribution in [3.05, 3.63) is 53.6 Å². The lowest BCUT2D eigenvalue weighted by molar-refractivity contribution is -0.120. The summed E-state index contributed by atoms with van der Waals surface area (Å²) in [6, 6.07) is 13.8. The van der Waals surface area contributed by atoms with E-state index in [0.29, 0.717) is 13.0 Å². The summed E-state index contributed by atoms with van der Waals surface area (Å²) in [5, 5.41) is 3.03. The number of hydrogen-bond acceptors (Lipinski definition) is 4. The number of benzene rings is 2. The number of carbonyl (C=O) groups is 1. The predicted molar refractivity (Wildman–Crippen MR) is 139 cm³/mol. The first-order chi connectivity index (χ1) is 16.1. The monoisotopic (exact) mass is 469 g/mol. The van der Waals surface area contributed by atoms with Crippen LogP contribution in [0.4, 0.5) is 0 Å². The fourth-order valence-electron chi connectivity index (χ4n) is 3.32. The second kappa shape index (κ2) is 12.7. The molecule has 0 bridgehead atoms. The molecule has 0 radical (unpaired) electrons. The fourth-order valence-corrected chi connectivity index (χ4v) is 3.32. The van der Waals surface area contributed by atoms with Crippen molar-refractivity contribution in [3.63, 3.8) is 0 Å². The van der Waals surface area contributed by atoms with Crippen LogP contribution in [-0.2, 0) is 17.6 Å². The Morgan fingerprint density at radius 3 is 2.09 bits per heavy atom. The van der Waals surface area contributed by atoms with Crippen molar-refractivity contribution in [2.45, 2.75) is 91.3 Å². The summed E-state index contributed by atoms with van der Waals surface area (Å²) in [5.41, 5.74) is 1.69. The van der Waals surface area contributed by atoms with E-state index in [-0.39, 0.29) is 17.1 Å². The number of amides is 1. The van der Waals surface area contributed by atoms with Crippen LogP contribution >= 0.6 is 0 Å². The van der Waals surface area contributed by atoms with E-state index in [1.807, 2.05) is 36.4 Å². The van der Waals surface area contributed by atoms with Gasteiger partial charge in [0.15, 0.2) is 0 Å². The van der Waals surface area contributed by atoms with Crippen LogP contribution in [0.2, 0.25) is 0 Å². The minimum Gasteiger partial charge on any atom is -0.497 e. The number of unbranched alkanes of at least 4 members (excludes halogenated alkanes) is 1. The van der Waals surface area contributed by atoms with Gasteiger partial charge in [0.05, 0.1) is 13.5 Å². The Hall–Kier alpha value is -2.69. The van der Waals surface area contributed by atoms with Crippen molar-refractivity contribution in [3.8, 4) is 17.2 Å². The Morgan fingerprint density at radius 2 is 1.47 bits per heavy atom. The van der Waals surface area contributed by atoms with Crippen molar-refractivity contribution >= 4 is 5.91 Å². The second-order valence-electron chi connectivity index (χ2n) is 10.0. The molecule has 2 aromatic rings. The van der Waals surface area contributed by atoms with Gasteiger partial charge in [-0.25, -0.2) is 0 Å². The third kappa shape index (κ3) is 9.28. The summed E-state index contributed by atoms with van der Waals surface area (Å²) in [4.78, 5) is 12.2. The Balaban J connectivity index is 1.89. The molecule has 2 rings (SSSR count). The molecule has 0 aliphatic rings. The first kappa shape index (κ1) is 27.6. The van der Waals surface area contributed by atoms with Gasteiger partial charge in [-0.15, -0.1) is 0 Å². The number of ether oxygens (including phenoxy) is 3. The minimum absolute atomic E-state index is 0.0407. The lowest BCUT2D eigenvalue weighted by Crippen LogP contribution is -2.28. The topological polar surface area (TPSA) is 56.8 Å². The SMILES string of the molecule is CCC(C)(C)Oc1ccc(CCCCNC(=O)Cc2ccc(OC)cc2)c(OC(C)(C)CC)c1. The average Bonchev–Trinajstić information content (AvgIpc) is 2.80. The lowest BCUT2D eigenvalue weighted by Gasteiger charge is -2.29. The molecule has 2 aromatic carbocycles. The average molecular weight is 470 g/mol. The molecule has 34 heavy (non-hydrogen) atoms. The Bertz CT molecular complexity index is 903. The highest BCUT2D eigenvalue weighted by molar-refractivity contribution is 5.78. The smallest absolute Gasteiger partial charge is 0.224 e. The van der Waals surface area contributed by atoms with Crippen LogP contribution in [0, 0.1) is 0 Å². The standard InChI is InChI=1S/C29H43NO4/c1-8-28(3,4)33-25-18-15-23(26(21-25)34-29(5,6)9-2)12-10-11-19-30-27(31)20-22-13-16-24(32-7)17-14-22/h13-18,21H,8-12,19-20H2,1-7H3,(H,30,31). The van der Waals surface area contributed by atoms with Gasteiger partial charge in [-0.1, -0.05) is 32.0 Å². The maximum Gasteiger partial charge on any atom is 0.224 e. The molecule has 0 atom stereocenters. The van der Waals surface area contributed by atoms with Gasteiger partial charge in [-0.2, -0.15) is 0 Å². The van der Waals surface area contributed by atoms with Crippen LogP contribution in [0.15, 0.2) is 42.5 Å². The highest BCUT2D eigenvalue weighted by Crippen LogP contribution is 2.32. The Morgan fingerprint density at radius 1 is 0.853 bits per heavy atom. The zero-order chi connectivity index (χ0) is 25.2. The van der Waals surface area contributed by atoms with Crippen LogP contribution in [0.3, 0.4) is 0 Å². The number of carbonyl (C=O) groups excluding carboxylic acids is 1. The van der Waals surface area contributed by atoms with E-state index in [1.54, 1.807) is 7.11 Å². The molecule has 0 saturated carbocycles. The molecule has 1 amide bonds. The Labute approximate surface area is 206 Å². The summed E-state index contributed by atoms with van der Waals surface area (Å²) >= 11 is 0. The van der Waals surface area contributed by atoms with Gasteiger partial charge >= 0.3 is 0 Å². The fraction of sp³-hybridized carbons (Fsp3) is 0.552. The molecule has 0 aromatic heterocycles. The highest BCUT2D eigenvalue weighted by atomic mass is 16.5. The maximum absolute atomic E-state index is 12.2. The van der Waals surface area contributed by atoms with E-state index >= 15 is 0 Å². The zero-order valence-corrected chi connectivity index (χ0v) is 22.1. The third-order valence-electron chi connectivity index (χ3n) is 6.24. The van der Waals surface area contributed by atoms with Crippen molar-refractivity contribution in [2.75, 3.05) is 13.7 Å². The van der Waals surface area contributed by atoms with Crippen LogP contribution in [0.25, 0.3) is 0 Å². The van der Waals surface area contributed by atoms with Gasteiger partial charge in [0.2, 0.25) is 5.91 Å². The number of hydrogen-bond donors (Lipinski definition) is 1. The third-order valence-corrected chi connectivity index (χ3v) is 6.24. The molecule has 188 valence electrons. The van der Waals surface area contributed by atoms with Gasteiger partial charge in [0.25, 0.3) is 0 Å². The van der Waals surface area contributed by atoms with E-state index < -0.39 is 0 Å². The van der Waals surface area contributed by atoms with Crippen molar-refractivity contribution in [1.82, 2.24) is 5.32 Å². The summed E-state index contributed by atoms with van der Waals surface area (Å²) in [6.45, 7) is 13.3. The van der Waals surface area contributed by atoms with Crippen LogP contribution < -0.4 is 19.5 Å². The second-order valence-corrected chi connectivity index (χ2v) is 10.0. The van der Waals surface area contributed by atoms with Crippen molar-refractivity contribution < 1.29 is 19.0 Å². The molecule has 5 nitrogen and oxygen atoms in total. The number of methoxy groups -OCH3 is 1. The van der Waals surface area contributed by atoms with Gasteiger partial charge in [-0.05, 0) is 89.1 Å². The molecule has 0 unspecified atom stereocenters. The van der Waals surface area contributed by atoms with Crippen LogP contribution in [0.5, 0.6) is 17.2 Å². The van der Waals surface area contributed by atoms with E-state index in [4.69, 9.17) is 14.2 Å². The lowest BCUT2D eigenvalue weighted by atomic mass is 10.0. The molecule has 0 fully saturated rings. The van der Waals surface area contributed by atoms with Gasteiger partial charge in [0.1, 0.15) is 28.5 Å². The molecule has 5 heteroatoms. The predicted octanol–water partition coefficient (Wildman–Crippen LogP) is 6.51. The Kier molecular flexibility index (Phi) is 10.3. The first-order valence-electron chi connectivity index (χ1n) is 12.5. The summed E-state index contributed by atoms with van der Waals surface area (Å²) in [6.07, 6.45) is 4.98. The van der Waals surface area contributed by atoms with Gasteiger partial charge in [-0.3, -0.25) is 4.79 Å². The normalized spacial score (nSPS) is 11.7. The summed E-state index contributed by atoms with van der Waals surface area (Å²) < 4.78 is 17.7. The largest absolute Gasteiger partial charge is 0.497 e. The molecular formula is C29H43NO4. The number of nitrogens with one attached hydrogen (secondary N) is 1. The van der Waals surface area contributed by atoms with Crippen molar-refractivity contribution in [2.24, 2.45) is 0 Å². The van der Waals surface area contributed by atoms with Crippen LogP contribution in [-0.4, -0.2) is 30.8 Å². The molecule has 0 heterocycles. The van der Waals surface area contributed by atoms with Gasteiger partial charge < -0.3 is 19.5 Å². The quantitative estimate of drug-likeness (QED) is 0.320. The first-order valence-corrected chi connectivity index (χ1v) is 12.5. The maximum atomic E-state index is 12.2. The van der Waals surface area contributed by atoms with Gasteiger partial charge in [0, 0.05) is 12.6 Å². The summed E-state index contributed by atoms with van der Waals surface area (Å²) in [5.74, 6) is 2.56. The molecule has 1 N–H and O–H groups in total. The number of aryl methyl sites for hydroxylation is 1. The molecule has 0 spiro atoms. The van der Waals surface area contributed by atoms with Crippen LogP contribution in [0.1, 0.15) is 78.4 Å².